The van der Waals surface area contributed by atoms with Gasteiger partial charge in [-0.1, -0.05) is 70.1 Å². The van der Waals surface area contributed by atoms with E-state index in [2.05, 4.69) is 18.3 Å². The highest BCUT2D eigenvalue weighted by Crippen LogP contribution is 2.28. The number of unbranched alkanes of at least 4 members (excludes halogenated alkanes) is 7. The lowest BCUT2D eigenvalue weighted by atomic mass is 9.99. The zero-order valence-corrected chi connectivity index (χ0v) is 22.5. The van der Waals surface area contributed by atoms with Gasteiger partial charge in [0.2, 0.25) is 11.8 Å². The molecule has 1 aromatic rings. The molecule has 2 heterocycles. The minimum Gasteiger partial charge on any atom is -0.447 e. The number of amides is 3. The van der Waals surface area contributed by atoms with Crippen molar-refractivity contribution in [2.24, 2.45) is 0 Å². The van der Waals surface area contributed by atoms with Crippen molar-refractivity contribution in [3.05, 3.63) is 35.9 Å². The molecule has 1 aromatic carbocycles. The number of nitrogens with one attached hydrogen (secondary N) is 1. The second-order valence-electron chi connectivity index (χ2n) is 9.93. The average molecular weight is 514 g/mol. The molecule has 1 fully saturated rings. The summed E-state index contributed by atoms with van der Waals surface area (Å²) in [6, 6.07) is 7.56. The second kappa shape index (κ2) is 15.4. The molecule has 0 aliphatic carbocycles. The van der Waals surface area contributed by atoms with E-state index in [0.29, 0.717) is 26.2 Å². The Balaban J connectivity index is 1.38. The predicted molar refractivity (Wildman–Crippen MR) is 145 cm³/mol. The summed E-state index contributed by atoms with van der Waals surface area (Å²) in [5, 5.41) is 2.75. The topological polar surface area (TPSA) is 88.2 Å². The van der Waals surface area contributed by atoms with Crippen molar-refractivity contribution in [2.75, 3.05) is 44.4 Å². The first-order chi connectivity index (χ1) is 18.0. The van der Waals surface area contributed by atoms with Crippen LogP contribution in [0.4, 0.5) is 10.5 Å². The van der Waals surface area contributed by atoms with E-state index in [9.17, 15) is 14.4 Å². The van der Waals surface area contributed by atoms with Gasteiger partial charge in [-0.2, -0.15) is 0 Å². The SMILES string of the molecule is CCCCCCCCCCOCC(=O)N1CC=C(c2ccc(N3C(=O)OCC3CNC(C)=O)cc2)CC1. The van der Waals surface area contributed by atoms with Crippen molar-refractivity contribution in [3.8, 4) is 0 Å². The average Bonchev–Trinajstić information content (AvgIpc) is 3.28. The summed E-state index contributed by atoms with van der Waals surface area (Å²) >= 11 is 0. The Morgan fingerprint density at radius 2 is 1.76 bits per heavy atom. The fraction of sp³-hybridized carbons (Fsp3) is 0.621. The van der Waals surface area contributed by atoms with Crippen molar-refractivity contribution in [1.29, 1.82) is 0 Å². The maximum atomic E-state index is 12.5. The number of carbonyl (C=O) groups excluding carboxylic acids is 3. The summed E-state index contributed by atoms with van der Waals surface area (Å²) in [5.41, 5.74) is 3.01. The molecule has 0 bridgehead atoms. The molecule has 0 aromatic heterocycles. The van der Waals surface area contributed by atoms with Gasteiger partial charge in [-0.3, -0.25) is 14.5 Å². The van der Waals surface area contributed by atoms with E-state index in [0.717, 1.165) is 24.1 Å². The monoisotopic (exact) mass is 513 g/mol. The standard InChI is InChI=1S/C29H43N3O5/c1-3-4-5-6-7-8-9-10-19-36-22-28(34)31-17-15-25(16-18-31)24-11-13-26(14-12-24)32-27(20-30-23(2)33)21-37-29(32)35/h11-15,27H,3-10,16-22H2,1-2H3,(H,30,33). The van der Waals surface area contributed by atoms with Crippen molar-refractivity contribution < 1.29 is 23.9 Å². The lowest BCUT2D eigenvalue weighted by Gasteiger charge is -2.27. The zero-order chi connectivity index (χ0) is 26.5. The number of benzene rings is 1. The van der Waals surface area contributed by atoms with Crippen molar-refractivity contribution in [2.45, 2.75) is 77.7 Å². The van der Waals surface area contributed by atoms with Crippen LogP contribution in [0.5, 0.6) is 0 Å². The molecular weight excluding hydrogens is 470 g/mol. The lowest BCUT2D eigenvalue weighted by molar-refractivity contribution is -0.135. The number of ether oxygens (including phenoxy) is 2. The number of anilines is 1. The van der Waals surface area contributed by atoms with Gasteiger partial charge in [-0.15, -0.1) is 0 Å². The maximum Gasteiger partial charge on any atom is 0.414 e. The van der Waals surface area contributed by atoms with Gasteiger partial charge in [0.25, 0.3) is 0 Å². The van der Waals surface area contributed by atoms with Gasteiger partial charge in [0.1, 0.15) is 13.2 Å². The summed E-state index contributed by atoms with van der Waals surface area (Å²) in [6.45, 7) is 6.34. The number of rotatable bonds is 15. The largest absolute Gasteiger partial charge is 0.447 e. The van der Waals surface area contributed by atoms with Crippen LogP contribution in [0.1, 0.15) is 77.2 Å². The Morgan fingerprint density at radius 1 is 1.05 bits per heavy atom. The molecule has 1 unspecified atom stereocenters. The van der Waals surface area contributed by atoms with Crippen LogP contribution in [0.25, 0.3) is 5.57 Å². The Labute approximate surface area is 221 Å². The minimum absolute atomic E-state index is 0.0444. The van der Waals surface area contributed by atoms with Gasteiger partial charge in [-0.25, -0.2) is 4.79 Å². The summed E-state index contributed by atoms with van der Waals surface area (Å²) in [4.78, 5) is 39.4. The van der Waals surface area contributed by atoms with Gasteiger partial charge < -0.3 is 19.7 Å². The fourth-order valence-corrected chi connectivity index (χ4v) is 4.77. The van der Waals surface area contributed by atoms with Crippen LogP contribution >= 0.6 is 0 Å². The number of carbonyl (C=O) groups is 3. The first-order valence-corrected chi connectivity index (χ1v) is 13.8. The summed E-state index contributed by atoms with van der Waals surface area (Å²) < 4.78 is 10.8. The highest BCUT2D eigenvalue weighted by atomic mass is 16.6. The number of hydrogen-bond donors (Lipinski definition) is 1. The molecule has 2 aliphatic rings. The molecule has 1 N–H and O–H groups in total. The normalized spacial score (nSPS) is 17.5. The Kier molecular flexibility index (Phi) is 11.9. The number of cyclic esters (lactones) is 1. The number of nitrogens with zero attached hydrogens (tertiary/aromatic N) is 2. The smallest absolute Gasteiger partial charge is 0.414 e. The van der Waals surface area contributed by atoms with Gasteiger partial charge in [0.05, 0.1) is 6.04 Å². The Hall–Kier alpha value is -2.87. The van der Waals surface area contributed by atoms with Crippen LogP contribution in [0.3, 0.4) is 0 Å². The molecule has 8 nitrogen and oxygen atoms in total. The van der Waals surface area contributed by atoms with Crippen LogP contribution in [-0.4, -0.2) is 68.3 Å². The first-order valence-electron chi connectivity index (χ1n) is 13.8. The molecule has 3 rings (SSSR count). The molecule has 0 radical (unpaired) electrons. The Morgan fingerprint density at radius 3 is 2.41 bits per heavy atom. The maximum absolute atomic E-state index is 12.5. The predicted octanol–water partition coefficient (Wildman–Crippen LogP) is 4.92. The third-order valence-corrected chi connectivity index (χ3v) is 6.99. The lowest BCUT2D eigenvalue weighted by Crippen LogP contribution is -2.42. The molecule has 8 heteroatoms. The van der Waals surface area contributed by atoms with E-state index in [1.54, 1.807) is 4.90 Å². The van der Waals surface area contributed by atoms with Gasteiger partial charge in [0, 0.05) is 38.9 Å². The molecule has 1 atom stereocenters. The number of hydrogen-bond acceptors (Lipinski definition) is 5. The van der Waals surface area contributed by atoms with E-state index in [-0.39, 0.29) is 31.1 Å². The molecule has 1 saturated heterocycles. The second-order valence-corrected chi connectivity index (χ2v) is 9.93. The van der Waals surface area contributed by atoms with Crippen molar-refractivity contribution in [3.63, 3.8) is 0 Å². The zero-order valence-electron chi connectivity index (χ0n) is 22.5. The quantitative estimate of drug-likeness (QED) is 0.336. The van der Waals surface area contributed by atoms with Crippen LogP contribution < -0.4 is 10.2 Å². The molecule has 0 spiro atoms. The summed E-state index contributed by atoms with van der Waals surface area (Å²) in [7, 11) is 0. The molecule has 0 saturated carbocycles. The minimum atomic E-state index is -0.404. The molecular formula is C29H43N3O5. The van der Waals surface area contributed by atoms with Crippen LogP contribution in [-0.2, 0) is 19.1 Å². The third-order valence-electron chi connectivity index (χ3n) is 6.99. The van der Waals surface area contributed by atoms with Crippen molar-refractivity contribution >= 4 is 29.2 Å². The summed E-state index contributed by atoms with van der Waals surface area (Å²) in [6.07, 6.45) is 12.5. The van der Waals surface area contributed by atoms with Crippen LogP contribution in [0, 0.1) is 0 Å². The van der Waals surface area contributed by atoms with Gasteiger partial charge in [0.15, 0.2) is 0 Å². The highest BCUT2D eigenvalue weighted by molar-refractivity contribution is 5.91. The molecule has 3 amide bonds. The van der Waals surface area contributed by atoms with Crippen LogP contribution in [0.2, 0.25) is 0 Å². The summed E-state index contributed by atoms with van der Waals surface area (Å²) in [5.74, 6) is -0.0931. The van der Waals surface area contributed by atoms with E-state index < -0.39 is 6.09 Å². The third kappa shape index (κ3) is 9.18. The molecule has 37 heavy (non-hydrogen) atoms. The molecule has 2 aliphatic heterocycles. The van der Waals surface area contributed by atoms with Crippen LogP contribution in [0.15, 0.2) is 30.3 Å². The Bertz CT molecular complexity index is 915. The van der Waals surface area contributed by atoms with E-state index in [4.69, 9.17) is 9.47 Å². The van der Waals surface area contributed by atoms with Gasteiger partial charge >= 0.3 is 6.09 Å². The van der Waals surface area contributed by atoms with E-state index >= 15 is 0 Å². The van der Waals surface area contributed by atoms with E-state index in [1.807, 2.05) is 29.2 Å². The van der Waals surface area contributed by atoms with Gasteiger partial charge in [-0.05, 0) is 36.1 Å². The van der Waals surface area contributed by atoms with Crippen molar-refractivity contribution in [1.82, 2.24) is 10.2 Å². The fourth-order valence-electron chi connectivity index (χ4n) is 4.77. The first kappa shape index (κ1) is 28.7. The highest BCUT2D eigenvalue weighted by Gasteiger charge is 2.34. The molecule has 204 valence electrons. The van der Waals surface area contributed by atoms with E-state index in [1.165, 1.54) is 57.4 Å².